The van der Waals surface area contributed by atoms with Crippen LogP contribution in [0.3, 0.4) is 0 Å². The summed E-state index contributed by atoms with van der Waals surface area (Å²) in [7, 11) is 1.50. The average molecular weight is 386 g/mol. The van der Waals surface area contributed by atoms with E-state index in [2.05, 4.69) is 4.98 Å². The van der Waals surface area contributed by atoms with Crippen molar-refractivity contribution < 1.29 is 28.6 Å². The zero-order valence-electron chi connectivity index (χ0n) is 15.1. The Balaban J connectivity index is 1.84. The van der Waals surface area contributed by atoms with E-state index in [1.54, 1.807) is 48.1 Å². The van der Waals surface area contributed by atoms with E-state index in [0.717, 1.165) is 0 Å². The second-order valence-corrected chi connectivity index (χ2v) is 5.85. The number of nitrogens with zero attached hydrogens (tertiary/aromatic N) is 1. The van der Waals surface area contributed by atoms with Crippen LogP contribution in [0.15, 0.2) is 48.7 Å². The molecule has 0 spiro atoms. The number of para-hydroxylation sites is 1. The molecule has 0 fully saturated rings. The van der Waals surface area contributed by atoms with E-state index in [-0.39, 0.29) is 18.8 Å². The molecule has 1 aromatic heterocycles. The summed E-state index contributed by atoms with van der Waals surface area (Å²) in [5.74, 6) is 0.494. The molecule has 146 valence electrons. The molecule has 0 bridgehead atoms. The topological polar surface area (TPSA) is 89.9 Å². The zero-order chi connectivity index (χ0) is 19.9. The molecule has 2 N–H and O–H groups in total. The molecule has 0 aliphatic heterocycles. The summed E-state index contributed by atoms with van der Waals surface area (Å²) >= 11 is 0. The molecular weight excluding hydrogens is 367 g/mol. The molecule has 0 saturated heterocycles. The van der Waals surface area contributed by atoms with Crippen molar-refractivity contribution >= 4 is 16.8 Å². The summed E-state index contributed by atoms with van der Waals surface area (Å²) in [4.78, 5) is 15.3. The Labute approximate surface area is 160 Å². The summed E-state index contributed by atoms with van der Waals surface area (Å²) < 4.78 is 30.7. The van der Waals surface area contributed by atoms with Crippen LogP contribution >= 0.6 is 0 Å². The Kier molecular flexibility index (Phi) is 6.23. The van der Waals surface area contributed by atoms with Gasteiger partial charge in [-0.15, -0.1) is 0 Å². The minimum atomic E-state index is -0.481. The molecule has 0 saturated carbocycles. The summed E-state index contributed by atoms with van der Waals surface area (Å²) in [5.41, 5.74) is 2.15. The predicted octanol–water partition coefficient (Wildman–Crippen LogP) is 3.84. The molecule has 0 aliphatic rings. The molecule has 1 amide bonds. The van der Waals surface area contributed by atoms with E-state index in [4.69, 9.17) is 19.4 Å². The fourth-order valence-electron chi connectivity index (χ4n) is 2.61. The molecule has 0 aliphatic carbocycles. The van der Waals surface area contributed by atoms with Gasteiger partial charge in [0.2, 0.25) is 5.91 Å². The highest BCUT2D eigenvalue weighted by atomic mass is 19.1. The van der Waals surface area contributed by atoms with Gasteiger partial charge in [0.25, 0.3) is 0 Å². The van der Waals surface area contributed by atoms with E-state index in [0.29, 0.717) is 34.6 Å². The van der Waals surface area contributed by atoms with Crippen molar-refractivity contribution in [1.29, 1.82) is 0 Å². The Morgan fingerprint density at radius 3 is 2.71 bits per heavy atom. The van der Waals surface area contributed by atoms with Gasteiger partial charge in [-0.25, -0.2) is 9.87 Å². The highest BCUT2D eigenvalue weighted by molar-refractivity contribution is 5.88. The molecule has 2 aromatic carbocycles. The van der Waals surface area contributed by atoms with Crippen molar-refractivity contribution in [2.45, 2.75) is 12.8 Å². The van der Waals surface area contributed by atoms with Crippen molar-refractivity contribution in [3.8, 4) is 23.0 Å². The predicted molar refractivity (Wildman–Crippen MR) is 99.4 cm³/mol. The number of methoxy groups -OCH3 is 1. The highest BCUT2D eigenvalue weighted by Gasteiger charge is 2.13. The first-order valence-electron chi connectivity index (χ1n) is 8.57. The number of hydrogen-bond acceptors (Lipinski definition) is 6. The lowest BCUT2D eigenvalue weighted by atomic mass is 10.1. The maximum atomic E-state index is 13.9. The first kappa shape index (κ1) is 19.4. The number of carbonyl (C=O) groups excluding carboxylic acids is 1. The second-order valence-electron chi connectivity index (χ2n) is 5.85. The van der Waals surface area contributed by atoms with E-state index < -0.39 is 11.7 Å². The fraction of sp³-hybridized carbons (Fsp3) is 0.200. The van der Waals surface area contributed by atoms with Crippen molar-refractivity contribution in [2.24, 2.45) is 0 Å². The quantitative estimate of drug-likeness (QED) is 0.347. The van der Waals surface area contributed by atoms with Crippen LogP contribution in [0.2, 0.25) is 0 Å². The molecule has 0 atom stereocenters. The number of nitrogens with one attached hydrogen (secondary N) is 1. The van der Waals surface area contributed by atoms with Crippen molar-refractivity contribution in [3.05, 3.63) is 54.5 Å². The van der Waals surface area contributed by atoms with E-state index in [1.807, 2.05) is 0 Å². The molecule has 3 aromatic rings. The third kappa shape index (κ3) is 4.47. The van der Waals surface area contributed by atoms with Crippen molar-refractivity contribution in [3.63, 3.8) is 0 Å². The number of amides is 1. The van der Waals surface area contributed by atoms with Crippen LogP contribution in [0.25, 0.3) is 10.9 Å². The van der Waals surface area contributed by atoms with Crippen molar-refractivity contribution in [1.82, 2.24) is 10.5 Å². The molecule has 0 unspecified atom stereocenters. The van der Waals surface area contributed by atoms with Crippen molar-refractivity contribution in [2.75, 3.05) is 13.7 Å². The van der Waals surface area contributed by atoms with Gasteiger partial charge in [0.05, 0.1) is 19.2 Å². The van der Waals surface area contributed by atoms with Crippen LogP contribution in [0.5, 0.6) is 23.0 Å². The summed E-state index contributed by atoms with van der Waals surface area (Å²) in [6, 6.07) is 11.2. The van der Waals surface area contributed by atoms with Crippen LogP contribution in [-0.4, -0.2) is 29.8 Å². The normalized spacial score (nSPS) is 10.5. The largest absolute Gasteiger partial charge is 0.493 e. The SMILES string of the molecule is COc1cc2c(Oc3ccccc3F)ccnc2cc1OCCCC(=O)NO. The first-order valence-corrected chi connectivity index (χ1v) is 8.57. The van der Waals surface area contributed by atoms with Gasteiger partial charge in [-0.2, -0.15) is 0 Å². The standard InChI is InChI=1S/C20H19FN2O5/c1-26-18-11-13-15(12-19(18)27-10-4-7-20(24)23-25)22-9-8-16(13)28-17-6-3-2-5-14(17)21/h2-3,5-6,8-9,11-12,25H,4,7,10H2,1H3,(H,23,24). The van der Waals surface area contributed by atoms with Crippen LogP contribution < -0.4 is 19.7 Å². The minimum absolute atomic E-state index is 0.108. The van der Waals surface area contributed by atoms with Crippen LogP contribution in [-0.2, 0) is 4.79 Å². The fourth-order valence-corrected chi connectivity index (χ4v) is 2.61. The number of fused-ring (bicyclic) bond motifs is 1. The first-order chi connectivity index (χ1) is 13.6. The maximum absolute atomic E-state index is 13.9. The van der Waals surface area contributed by atoms with E-state index in [9.17, 15) is 9.18 Å². The van der Waals surface area contributed by atoms with E-state index in [1.165, 1.54) is 13.2 Å². The zero-order valence-corrected chi connectivity index (χ0v) is 15.1. The van der Waals surface area contributed by atoms with Crippen LogP contribution in [0, 0.1) is 5.82 Å². The molecule has 0 radical (unpaired) electrons. The molecule has 28 heavy (non-hydrogen) atoms. The lowest BCUT2D eigenvalue weighted by molar-refractivity contribution is -0.129. The Morgan fingerprint density at radius 1 is 1.14 bits per heavy atom. The smallest absolute Gasteiger partial charge is 0.243 e. The number of rotatable bonds is 8. The molecular formula is C20H19FN2O5. The Morgan fingerprint density at radius 2 is 1.96 bits per heavy atom. The summed E-state index contributed by atoms with van der Waals surface area (Å²) in [6.07, 6.45) is 2.10. The Bertz CT molecular complexity index is 980. The number of hydroxylamine groups is 1. The number of hydrogen-bond donors (Lipinski definition) is 2. The van der Waals surface area contributed by atoms with Gasteiger partial charge in [0.15, 0.2) is 23.1 Å². The average Bonchev–Trinajstić information content (AvgIpc) is 2.72. The third-order valence-electron chi connectivity index (χ3n) is 3.97. The molecule has 3 rings (SSSR count). The van der Waals surface area contributed by atoms with Gasteiger partial charge < -0.3 is 14.2 Å². The van der Waals surface area contributed by atoms with Crippen LogP contribution in [0.4, 0.5) is 4.39 Å². The lowest BCUT2D eigenvalue weighted by Crippen LogP contribution is -2.18. The van der Waals surface area contributed by atoms with Crippen LogP contribution in [0.1, 0.15) is 12.8 Å². The minimum Gasteiger partial charge on any atom is -0.493 e. The maximum Gasteiger partial charge on any atom is 0.243 e. The molecule has 7 nitrogen and oxygen atoms in total. The monoisotopic (exact) mass is 386 g/mol. The second kappa shape index (κ2) is 9.01. The Hall–Kier alpha value is -3.39. The van der Waals surface area contributed by atoms with Gasteiger partial charge in [-0.1, -0.05) is 12.1 Å². The summed E-state index contributed by atoms with van der Waals surface area (Å²) in [6.45, 7) is 0.251. The van der Waals surface area contributed by atoms with Gasteiger partial charge in [0.1, 0.15) is 5.75 Å². The third-order valence-corrected chi connectivity index (χ3v) is 3.97. The van der Waals surface area contributed by atoms with E-state index >= 15 is 0 Å². The summed E-state index contributed by atoms with van der Waals surface area (Å²) in [5, 5.41) is 9.13. The van der Waals surface area contributed by atoms with Gasteiger partial charge in [0, 0.05) is 24.1 Å². The van der Waals surface area contributed by atoms with Gasteiger partial charge in [-0.05, 0) is 30.7 Å². The van der Waals surface area contributed by atoms with Gasteiger partial charge >= 0.3 is 0 Å². The number of ether oxygens (including phenoxy) is 3. The number of aromatic nitrogens is 1. The number of pyridine rings is 1. The molecule has 1 heterocycles. The number of carbonyl (C=O) groups is 1. The van der Waals surface area contributed by atoms with Gasteiger partial charge in [-0.3, -0.25) is 15.0 Å². The lowest BCUT2D eigenvalue weighted by Gasteiger charge is -2.14. The number of benzene rings is 2. The number of halogens is 1. The molecule has 8 heteroatoms. The highest BCUT2D eigenvalue weighted by Crippen LogP contribution is 2.37.